The van der Waals surface area contributed by atoms with Gasteiger partial charge in [0, 0.05) is 5.70 Å². The van der Waals surface area contributed by atoms with Crippen LogP contribution in [0.4, 0.5) is 5.95 Å². The van der Waals surface area contributed by atoms with E-state index in [0.717, 1.165) is 21.9 Å². The maximum absolute atomic E-state index is 13.4. The SMILES string of the molecule is CC1=C(C(=O)OC(C)c2ccccc2)C(c2cccc3ccccc23)n2nnnc2N1. The van der Waals surface area contributed by atoms with Gasteiger partial charge in [0.25, 0.3) is 0 Å². The number of fused-ring (bicyclic) bond motifs is 2. The molecule has 2 atom stereocenters. The fraction of sp³-hybridized carbons (Fsp3) is 0.167. The first-order valence-electron chi connectivity index (χ1n) is 10.1. The zero-order valence-electron chi connectivity index (χ0n) is 17.2. The van der Waals surface area contributed by atoms with Crippen LogP contribution in [0.3, 0.4) is 0 Å². The van der Waals surface area contributed by atoms with Crippen LogP contribution >= 0.6 is 0 Å². The number of tetrazole rings is 1. The molecule has 2 heterocycles. The van der Waals surface area contributed by atoms with E-state index in [9.17, 15) is 4.79 Å². The smallest absolute Gasteiger partial charge is 0.338 e. The number of allylic oxidation sites excluding steroid dienone is 1. The fourth-order valence-electron chi connectivity index (χ4n) is 4.07. The van der Waals surface area contributed by atoms with Crippen molar-refractivity contribution in [1.82, 2.24) is 20.2 Å². The zero-order valence-corrected chi connectivity index (χ0v) is 17.2. The molecule has 7 nitrogen and oxygen atoms in total. The summed E-state index contributed by atoms with van der Waals surface area (Å²) in [5, 5.41) is 17.3. The number of hydrogen-bond donors (Lipinski definition) is 1. The molecule has 0 spiro atoms. The number of benzene rings is 3. The molecule has 7 heteroatoms. The topological polar surface area (TPSA) is 81.9 Å². The molecule has 0 radical (unpaired) electrons. The third-order valence-corrected chi connectivity index (χ3v) is 5.60. The van der Waals surface area contributed by atoms with Crippen molar-refractivity contribution >= 4 is 22.7 Å². The van der Waals surface area contributed by atoms with E-state index in [1.807, 2.05) is 86.6 Å². The monoisotopic (exact) mass is 411 g/mol. The number of ether oxygens (including phenoxy) is 1. The lowest BCUT2D eigenvalue weighted by Gasteiger charge is -2.29. The van der Waals surface area contributed by atoms with Crippen molar-refractivity contribution in [1.29, 1.82) is 0 Å². The van der Waals surface area contributed by atoms with Gasteiger partial charge < -0.3 is 10.1 Å². The Kier molecular flexibility index (Phi) is 4.71. The summed E-state index contributed by atoms with van der Waals surface area (Å²) in [5.74, 6) is 0.0866. The number of nitrogens with one attached hydrogen (secondary N) is 1. The summed E-state index contributed by atoms with van der Waals surface area (Å²) in [6.07, 6.45) is -0.391. The van der Waals surface area contributed by atoms with Gasteiger partial charge in [-0.2, -0.15) is 4.68 Å². The number of carbonyl (C=O) groups excluding carboxylic acids is 1. The molecule has 0 saturated heterocycles. The number of carbonyl (C=O) groups is 1. The van der Waals surface area contributed by atoms with E-state index in [1.54, 1.807) is 4.68 Å². The van der Waals surface area contributed by atoms with Crippen LogP contribution < -0.4 is 5.32 Å². The molecule has 154 valence electrons. The molecule has 31 heavy (non-hydrogen) atoms. The summed E-state index contributed by atoms with van der Waals surface area (Å²) in [4.78, 5) is 13.4. The second kappa shape index (κ2) is 7.68. The Bertz CT molecular complexity index is 1290. The van der Waals surface area contributed by atoms with Crippen LogP contribution in [0.2, 0.25) is 0 Å². The second-order valence-corrected chi connectivity index (χ2v) is 7.54. The molecule has 1 N–H and O–H groups in total. The highest BCUT2D eigenvalue weighted by atomic mass is 16.5. The van der Waals surface area contributed by atoms with Crippen LogP contribution in [-0.2, 0) is 9.53 Å². The van der Waals surface area contributed by atoms with Crippen LogP contribution in [0.15, 0.2) is 84.1 Å². The van der Waals surface area contributed by atoms with E-state index in [4.69, 9.17) is 4.74 Å². The summed E-state index contributed by atoms with van der Waals surface area (Å²) in [6, 6.07) is 23.3. The van der Waals surface area contributed by atoms with Gasteiger partial charge in [-0.25, -0.2) is 4.79 Å². The molecule has 4 aromatic rings. The Balaban J connectivity index is 1.60. The van der Waals surface area contributed by atoms with E-state index in [-0.39, 0.29) is 0 Å². The minimum Gasteiger partial charge on any atom is -0.454 e. The lowest BCUT2D eigenvalue weighted by Crippen LogP contribution is -2.30. The predicted octanol–water partition coefficient (Wildman–Crippen LogP) is 4.42. The van der Waals surface area contributed by atoms with Crippen molar-refractivity contribution < 1.29 is 9.53 Å². The maximum atomic E-state index is 13.4. The van der Waals surface area contributed by atoms with E-state index in [1.165, 1.54) is 0 Å². The molecule has 0 aliphatic carbocycles. The van der Waals surface area contributed by atoms with Gasteiger partial charge in [0.1, 0.15) is 12.1 Å². The van der Waals surface area contributed by atoms with Crippen LogP contribution in [0.5, 0.6) is 0 Å². The molecule has 5 rings (SSSR count). The first-order valence-corrected chi connectivity index (χ1v) is 10.1. The Morgan fingerprint density at radius 2 is 1.77 bits per heavy atom. The minimum absolute atomic E-state index is 0.391. The molecule has 1 aliphatic rings. The molecular weight excluding hydrogens is 390 g/mol. The number of hydrogen-bond acceptors (Lipinski definition) is 6. The first kappa shape index (κ1) is 19.0. The molecule has 0 amide bonds. The average Bonchev–Trinajstić information content (AvgIpc) is 3.26. The molecule has 1 aliphatic heterocycles. The maximum Gasteiger partial charge on any atom is 0.338 e. The Morgan fingerprint density at radius 1 is 1.03 bits per heavy atom. The Hall–Kier alpha value is -4.00. The normalized spacial score (nSPS) is 16.5. The molecule has 0 bridgehead atoms. The van der Waals surface area contributed by atoms with E-state index in [0.29, 0.717) is 17.2 Å². The Labute approximate surface area is 179 Å². The van der Waals surface area contributed by atoms with Crippen LogP contribution in [0.25, 0.3) is 10.8 Å². The lowest BCUT2D eigenvalue weighted by atomic mass is 9.91. The van der Waals surface area contributed by atoms with Crippen LogP contribution in [-0.4, -0.2) is 26.2 Å². The number of aromatic nitrogens is 4. The quantitative estimate of drug-likeness (QED) is 0.501. The summed E-state index contributed by atoms with van der Waals surface area (Å²) >= 11 is 0. The van der Waals surface area contributed by atoms with E-state index < -0.39 is 18.1 Å². The number of anilines is 1. The third-order valence-electron chi connectivity index (χ3n) is 5.60. The van der Waals surface area contributed by atoms with Crippen LogP contribution in [0.1, 0.15) is 37.1 Å². The van der Waals surface area contributed by atoms with Gasteiger partial charge >= 0.3 is 5.97 Å². The van der Waals surface area contributed by atoms with Gasteiger partial charge in [0.15, 0.2) is 0 Å². The highest BCUT2D eigenvalue weighted by Crippen LogP contribution is 2.38. The third kappa shape index (κ3) is 3.34. The van der Waals surface area contributed by atoms with E-state index >= 15 is 0 Å². The molecule has 2 unspecified atom stereocenters. The number of rotatable bonds is 4. The van der Waals surface area contributed by atoms with Crippen molar-refractivity contribution in [3.63, 3.8) is 0 Å². The number of esters is 1. The van der Waals surface area contributed by atoms with Gasteiger partial charge in [-0.3, -0.25) is 0 Å². The fourth-order valence-corrected chi connectivity index (χ4v) is 4.07. The average molecular weight is 411 g/mol. The second-order valence-electron chi connectivity index (χ2n) is 7.54. The zero-order chi connectivity index (χ0) is 21.4. The van der Waals surface area contributed by atoms with Crippen molar-refractivity contribution in [3.05, 3.63) is 95.2 Å². The molecular formula is C24H21N5O2. The molecule has 0 saturated carbocycles. The first-order chi connectivity index (χ1) is 15.1. The lowest BCUT2D eigenvalue weighted by molar-refractivity contribution is -0.144. The molecule has 3 aromatic carbocycles. The van der Waals surface area contributed by atoms with Crippen molar-refractivity contribution in [2.45, 2.75) is 26.0 Å². The largest absolute Gasteiger partial charge is 0.454 e. The van der Waals surface area contributed by atoms with Crippen molar-refractivity contribution in [2.24, 2.45) is 0 Å². The highest BCUT2D eigenvalue weighted by molar-refractivity contribution is 5.95. The van der Waals surface area contributed by atoms with Crippen molar-refractivity contribution in [3.8, 4) is 0 Å². The van der Waals surface area contributed by atoms with Crippen molar-refractivity contribution in [2.75, 3.05) is 5.32 Å². The highest BCUT2D eigenvalue weighted by Gasteiger charge is 2.36. The summed E-state index contributed by atoms with van der Waals surface area (Å²) < 4.78 is 7.52. The number of nitrogens with zero attached hydrogens (tertiary/aromatic N) is 4. The van der Waals surface area contributed by atoms with Gasteiger partial charge in [-0.15, -0.1) is 0 Å². The van der Waals surface area contributed by atoms with E-state index in [2.05, 4.69) is 20.8 Å². The summed E-state index contributed by atoms with van der Waals surface area (Å²) in [5.41, 5.74) is 3.03. The van der Waals surface area contributed by atoms with Gasteiger partial charge in [-0.1, -0.05) is 77.9 Å². The Morgan fingerprint density at radius 3 is 2.61 bits per heavy atom. The summed E-state index contributed by atoms with van der Waals surface area (Å²) in [6.45, 7) is 3.72. The molecule has 1 aromatic heterocycles. The minimum atomic E-state index is -0.507. The predicted molar refractivity (Wildman–Crippen MR) is 117 cm³/mol. The molecule has 0 fully saturated rings. The standard InChI is InChI=1S/C24H21N5O2/c1-15-21(23(30)31-16(2)17-9-4-3-5-10-17)22(29-24(25-15)26-27-28-29)20-14-8-12-18-11-6-7-13-19(18)20/h3-14,16,22H,1-2H3,(H,25,26,28). The van der Waals surface area contributed by atoms with Gasteiger partial charge in [-0.05, 0) is 46.2 Å². The summed E-state index contributed by atoms with van der Waals surface area (Å²) in [7, 11) is 0. The van der Waals surface area contributed by atoms with Crippen LogP contribution in [0, 0.1) is 0 Å². The van der Waals surface area contributed by atoms with Gasteiger partial charge in [0.2, 0.25) is 5.95 Å². The van der Waals surface area contributed by atoms with Gasteiger partial charge in [0.05, 0.1) is 5.57 Å².